The van der Waals surface area contributed by atoms with Crippen LogP contribution in [-0.4, -0.2) is 168 Å². The number of hydrogen-bond acceptors (Lipinski definition) is 16. The molecule has 0 aliphatic carbocycles. The molecule has 3 heterocycles. The fraction of sp³-hybridized carbons (Fsp3) is 1.00. The summed E-state index contributed by atoms with van der Waals surface area (Å²) in [5.41, 5.74) is 0. The molecular weight excluding hydrogens is 472 g/mol. The van der Waals surface area contributed by atoms with E-state index >= 15 is 0 Å². The summed E-state index contributed by atoms with van der Waals surface area (Å²) >= 11 is 0. The van der Waals surface area contributed by atoms with Gasteiger partial charge in [0.05, 0.1) is 19.8 Å². The first kappa shape index (κ1) is 27.9. The summed E-state index contributed by atoms with van der Waals surface area (Å²) in [4.78, 5) is 0. The third kappa shape index (κ3) is 5.37. The first-order valence-electron chi connectivity index (χ1n) is 10.6. The molecule has 15 atom stereocenters. The lowest BCUT2D eigenvalue weighted by Gasteiger charge is -2.48. The fourth-order valence-electron chi connectivity index (χ4n) is 4.04. The first-order valence-corrected chi connectivity index (χ1v) is 10.6. The Morgan fingerprint density at radius 1 is 0.441 bits per heavy atom. The van der Waals surface area contributed by atoms with E-state index in [4.69, 9.17) is 23.7 Å². The summed E-state index contributed by atoms with van der Waals surface area (Å²) in [6, 6.07) is 0. The number of hydrogen-bond donors (Lipinski definition) is 11. The van der Waals surface area contributed by atoms with Gasteiger partial charge in [0.15, 0.2) is 18.9 Å². The van der Waals surface area contributed by atoms with Crippen molar-refractivity contribution >= 4 is 0 Å². The normalized spacial score (nSPS) is 52.5. The van der Waals surface area contributed by atoms with E-state index in [9.17, 15) is 56.2 Å². The van der Waals surface area contributed by atoms with Crippen LogP contribution in [0.15, 0.2) is 0 Å². The van der Waals surface area contributed by atoms with Crippen LogP contribution in [0.4, 0.5) is 0 Å². The van der Waals surface area contributed by atoms with Gasteiger partial charge in [0.25, 0.3) is 0 Å². The number of aliphatic hydroxyl groups is 11. The molecule has 0 amide bonds. The van der Waals surface area contributed by atoms with Gasteiger partial charge in [-0.25, -0.2) is 0 Å². The summed E-state index contributed by atoms with van der Waals surface area (Å²) in [6.07, 6.45) is -25.6. The Kier molecular flexibility index (Phi) is 9.54. The second kappa shape index (κ2) is 11.6. The van der Waals surface area contributed by atoms with E-state index in [1.807, 2.05) is 0 Å². The Morgan fingerprint density at radius 2 is 0.853 bits per heavy atom. The highest BCUT2D eigenvalue weighted by molar-refractivity contribution is 4.96. The standard InChI is InChI=1S/C18H32O16/c19-1-4-7(22)9(24)11(26)17(31-4)33-14-6(3-21)30-16(29)13(28)15(14)34-18-12(27)10(25)8(23)5(2-20)32-18/h4-29H,1-3H2/t4-,5-,6-,7-,8-,9+,10+,11-,12-,13-,14+,15-,16?,17+,18-/m1/s1. The average molecular weight is 504 g/mol. The SMILES string of the molecule is OC[C@H]1O[C@@H](O[C@@H]2[C@H](O[C@H]3O[C@H](CO)[C@@H](O)[C@H](O)[C@H]3O)[C@@H](O)C(O)O[C@@H]2CO)[C@H](O)[C@@H](O)[C@@H]1O. The third-order valence-electron chi connectivity index (χ3n) is 6.09. The molecular formula is C18H32O16. The molecule has 0 spiro atoms. The maximum atomic E-state index is 10.5. The maximum absolute atomic E-state index is 10.5. The molecule has 200 valence electrons. The van der Waals surface area contributed by atoms with Crippen LogP contribution in [0.5, 0.6) is 0 Å². The van der Waals surface area contributed by atoms with Crippen molar-refractivity contribution in [3.05, 3.63) is 0 Å². The van der Waals surface area contributed by atoms with E-state index in [1.54, 1.807) is 0 Å². The summed E-state index contributed by atoms with van der Waals surface area (Å²) < 4.78 is 26.7. The number of ether oxygens (including phenoxy) is 5. The predicted molar refractivity (Wildman–Crippen MR) is 101 cm³/mol. The van der Waals surface area contributed by atoms with Gasteiger partial charge in [-0.2, -0.15) is 0 Å². The van der Waals surface area contributed by atoms with E-state index in [2.05, 4.69) is 0 Å². The molecule has 11 N–H and O–H groups in total. The highest BCUT2D eigenvalue weighted by Gasteiger charge is 2.53. The van der Waals surface area contributed by atoms with Crippen LogP contribution in [0.2, 0.25) is 0 Å². The molecule has 3 fully saturated rings. The van der Waals surface area contributed by atoms with E-state index in [1.165, 1.54) is 0 Å². The third-order valence-corrected chi connectivity index (χ3v) is 6.09. The molecule has 3 aliphatic rings. The van der Waals surface area contributed by atoms with Crippen molar-refractivity contribution in [2.75, 3.05) is 19.8 Å². The smallest absolute Gasteiger partial charge is 0.187 e. The van der Waals surface area contributed by atoms with Crippen molar-refractivity contribution in [2.45, 2.75) is 92.1 Å². The monoisotopic (exact) mass is 504 g/mol. The van der Waals surface area contributed by atoms with Crippen molar-refractivity contribution < 1.29 is 79.9 Å². The number of aliphatic hydroxyl groups excluding tert-OH is 11. The molecule has 3 saturated heterocycles. The summed E-state index contributed by atoms with van der Waals surface area (Å²) in [5.74, 6) is 0. The largest absolute Gasteiger partial charge is 0.394 e. The van der Waals surface area contributed by atoms with Gasteiger partial charge in [0.2, 0.25) is 0 Å². The zero-order chi connectivity index (χ0) is 25.3. The van der Waals surface area contributed by atoms with Gasteiger partial charge in [-0.3, -0.25) is 0 Å². The molecule has 1 unspecified atom stereocenters. The molecule has 16 nitrogen and oxygen atoms in total. The lowest BCUT2D eigenvalue weighted by Crippen LogP contribution is -2.67. The van der Waals surface area contributed by atoms with Crippen LogP contribution in [0, 0.1) is 0 Å². The Bertz CT molecular complexity index is 599. The van der Waals surface area contributed by atoms with Gasteiger partial charge in [0, 0.05) is 0 Å². The maximum Gasteiger partial charge on any atom is 0.187 e. The fourth-order valence-corrected chi connectivity index (χ4v) is 4.04. The van der Waals surface area contributed by atoms with E-state index < -0.39 is 112 Å². The molecule has 0 radical (unpaired) electrons. The van der Waals surface area contributed by atoms with Crippen LogP contribution in [0.1, 0.15) is 0 Å². The second-order valence-corrected chi connectivity index (χ2v) is 8.33. The quantitative estimate of drug-likeness (QED) is 0.154. The molecule has 0 saturated carbocycles. The lowest BCUT2D eigenvalue weighted by molar-refractivity contribution is -0.383. The van der Waals surface area contributed by atoms with Crippen LogP contribution in [0.3, 0.4) is 0 Å². The van der Waals surface area contributed by atoms with Gasteiger partial charge in [-0.15, -0.1) is 0 Å². The molecule has 0 aromatic heterocycles. The topological polar surface area (TPSA) is 269 Å². The Hall–Kier alpha value is -0.640. The summed E-state index contributed by atoms with van der Waals surface area (Å²) in [7, 11) is 0. The molecule has 0 aromatic carbocycles. The highest BCUT2D eigenvalue weighted by atomic mass is 16.8. The predicted octanol–water partition coefficient (Wildman–Crippen LogP) is -7.57. The lowest BCUT2D eigenvalue weighted by atomic mass is 9.96. The highest BCUT2D eigenvalue weighted by Crippen LogP contribution is 2.32. The van der Waals surface area contributed by atoms with Crippen molar-refractivity contribution in [3.8, 4) is 0 Å². The molecule has 0 bridgehead atoms. The summed E-state index contributed by atoms with van der Waals surface area (Å²) in [6.45, 7) is -2.35. The van der Waals surface area contributed by atoms with Crippen LogP contribution in [0.25, 0.3) is 0 Å². The van der Waals surface area contributed by atoms with E-state index in [0.717, 1.165) is 0 Å². The van der Waals surface area contributed by atoms with Crippen molar-refractivity contribution in [2.24, 2.45) is 0 Å². The van der Waals surface area contributed by atoms with E-state index in [0.29, 0.717) is 0 Å². The van der Waals surface area contributed by atoms with Gasteiger partial charge >= 0.3 is 0 Å². The molecule has 16 heteroatoms. The Labute approximate surface area is 192 Å². The minimum atomic E-state index is -1.93. The van der Waals surface area contributed by atoms with Crippen molar-refractivity contribution in [1.29, 1.82) is 0 Å². The molecule has 3 aliphatic heterocycles. The van der Waals surface area contributed by atoms with Gasteiger partial charge in [-0.05, 0) is 0 Å². The summed E-state index contributed by atoms with van der Waals surface area (Å²) in [5, 5.41) is 109. The second-order valence-electron chi connectivity index (χ2n) is 8.33. The van der Waals surface area contributed by atoms with Gasteiger partial charge in [0.1, 0.15) is 73.2 Å². The minimum absolute atomic E-state index is 0.762. The van der Waals surface area contributed by atoms with Crippen molar-refractivity contribution in [1.82, 2.24) is 0 Å². The zero-order valence-electron chi connectivity index (χ0n) is 17.7. The van der Waals surface area contributed by atoms with Crippen LogP contribution in [-0.2, 0) is 23.7 Å². The van der Waals surface area contributed by atoms with E-state index in [-0.39, 0.29) is 0 Å². The zero-order valence-corrected chi connectivity index (χ0v) is 17.7. The number of rotatable bonds is 7. The first-order chi connectivity index (χ1) is 16.0. The molecule has 0 aromatic rings. The van der Waals surface area contributed by atoms with Crippen LogP contribution < -0.4 is 0 Å². The van der Waals surface area contributed by atoms with Gasteiger partial charge in [-0.1, -0.05) is 0 Å². The van der Waals surface area contributed by atoms with Crippen LogP contribution >= 0.6 is 0 Å². The average Bonchev–Trinajstić information content (AvgIpc) is 2.83. The van der Waals surface area contributed by atoms with Crippen molar-refractivity contribution in [3.63, 3.8) is 0 Å². The van der Waals surface area contributed by atoms with Gasteiger partial charge < -0.3 is 79.9 Å². The molecule has 3 rings (SSSR count). The minimum Gasteiger partial charge on any atom is -0.394 e. The Balaban J connectivity index is 1.84. The molecule has 34 heavy (non-hydrogen) atoms. The Morgan fingerprint density at radius 3 is 1.26 bits per heavy atom.